The van der Waals surface area contributed by atoms with Crippen molar-refractivity contribution in [1.29, 1.82) is 0 Å². The Morgan fingerprint density at radius 1 is 1.28 bits per heavy atom. The maximum Gasteiger partial charge on any atom is 0.422 e. The van der Waals surface area contributed by atoms with E-state index < -0.39 is 23.5 Å². The fourth-order valence-electron chi connectivity index (χ4n) is 1.34. The van der Waals surface area contributed by atoms with E-state index in [0.29, 0.717) is 12.5 Å². The molecule has 0 saturated heterocycles. The molecule has 1 aromatic rings. The normalized spacial score (nSPS) is 15.0. The van der Waals surface area contributed by atoms with Gasteiger partial charge in [0.25, 0.3) is 0 Å². The van der Waals surface area contributed by atoms with Gasteiger partial charge in [-0.3, -0.25) is 0 Å². The second-order valence-corrected chi connectivity index (χ2v) is 4.07. The van der Waals surface area contributed by atoms with E-state index >= 15 is 0 Å². The van der Waals surface area contributed by atoms with Gasteiger partial charge >= 0.3 is 12.1 Å². The quantitative estimate of drug-likeness (QED) is 0.826. The second-order valence-electron chi connectivity index (χ2n) is 4.07. The van der Waals surface area contributed by atoms with Gasteiger partial charge in [-0.1, -0.05) is 0 Å². The summed E-state index contributed by atoms with van der Waals surface area (Å²) in [6.07, 6.45) is -5.01. The predicted molar refractivity (Wildman–Crippen MR) is 56.9 cm³/mol. The lowest BCUT2D eigenvalue weighted by Crippen LogP contribution is -2.55. The summed E-state index contributed by atoms with van der Waals surface area (Å²) in [5.74, 6) is -2.83. The van der Waals surface area contributed by atoms with Gasteiger partial charge in [0.15, 0.2) is 0 Å². The number of alkyl halides is 3. The molecule has 100 valence electrons. The highest BCUT2D eigenvalue weighted by molar-refractivity contribution is 5.83. The fourth-order valence-corrected chi connectivity index (χ4v) is 1.34. The van der Waals surface area contributed by atoms with Gasteiger partial charge in [-0.2, -0.15) is 13.2 Å². The third-order valence-corrected chi connectivity index (χ3v) is 2.43. The molecular formula is C11H11F4NO2. The van der Waals surface area contributed by atoms with Gasteiger partial charge in [0.2, 0.25) is 5.54 Å². The number of carboxylic acid groups (broad SMARTS) is 1. The van der Waals surface area contributed by atoms with Crippen LogP contribution >= 0.6 is 0 Å². The third-order valence-electron chi connectivity index (χ3n) is 2.43. The number of hydrogen-bond donors (Lipinski definition) is 2. The van der Waals surface area contributed by atoms with Crippen LogP contribution in [0.15, 0.2) is 18.2 Å². The topological polar surface area (TPSA) is 49.3 Å². The number of halogens is 4. The number of aryl methyl sites for hydroxylation is 1. The van der Waals surface area contributed by atoms with Crippen LogP contribution in [0, 0.1) is 12.7 Å². The minimum Gasteiger partial charge on any atom is -0.479 e. The molecule has 0 bridgehead atoms. The van der Waals surface area contributed by atoms with Crippen molar-refractivity contribution in [2.75, 3.05) is 5.32 Å². The van der Waals surface area contributed by atoms with Crippen LogP contribution in [0.25, 0.3) is 0 Å². The molecule has 0 spiro atoms. The Bertz CT molecular complexity index is 452. The van der Waals surface area contributed by atoms with Crippen molar-refractivity contribution in [2.45, 2.75) is 25.6 Å². The van der Waals surface area contributed by atoms with E-state index in [9.17, 15) is 22.4 Å². The van der Waals surface area contributed by atoms with Crippen LogP contribution < -0.4 is 5.32 Å². The van der Waals surface area contributed by atoms with Crippen LogP contribution in [0.4, 0.5) is 23.2 Å². The highest BCUT2D eigenvalue weighted by Gasteiger charge is 2.57. The molecule has 7 heteroatoms. The standard InChI is InChI=1S/C11H11F4NO2/c1-6-3-7(12)5-8(4-6)16-10(2,9(17)18)11(13,14)15/h3-5,16H,1-2H3,(H,17,18). The summed E-state index contributed by atoms with van der Waals surface area (Å²) in [5.41, 5.74) is -3.03. The second kappa shape index (κ2) is 4.47. The van der Waals surface area contributed by atoms with Crippen molar-refractivity contribution in [3.8, 4) is 0 Å². The maximum atomic E-state index is 13.0. The first-order valence-corrected chi connectivity index (χ1v) is 4.92. The number of hydrogen-bond acceptors (Lipinski definition) is 2. The number of carbonyl (C=O) groups is 1. The molecule has 0 aliphatic carbocycles. The average molecular weight is 265 g/mol. The molecule has 1 rings (SSSR count). The van der Waals surface area contributed by atoms with Gasteiger partial charge < -0.3 is 10.4 Å². The van der Waals surface area contributed by atoms with Crippen LogP contribution in [0.5, 0.6) is 0 Å². The zero-order valence-corrected chi connectivity index (χ0v) is 9.60. The third kappa shape index (κ3) is 2.72. The summed E-state index contributed by atoms with van der Waals surface area (Å²) in [6.45, 7) is 1.97. The Kier molecular flexibility index (Phi) is 3.54. The first kappa shape index (κ1) is 14.3. The summed E-state index contributed by atoms with van der Waals surface area (Å²) in [4.78, 5) is 10.8. The summed E-state index contributed by atoms with van der Waals surface area (Å²) >= 11 is 0. The van der Waals surface area contributed by atoms with E-state index in [2.05, 4.69) is 0 Å². The molecule has 3 nitrogen and oxygen atoms in total. The molecule has 1 atom stereocenters. The zero-order chi connectivity index (χ0) is 14.1. The minimum atomic E-state index is -5.01. The number of benzene rings is 1. The molecular weight excluding hydrogens is 254 g/mol. The van der Waals surface area contributed by atoms with Crippen molar-refractivity contribution in [1.82, 2.24) is 0 Å². The van der Waals surface area contributed by atoms with Gasteiger partial charge in [-0.25, -0.2) is 9.18 Å². The number of nitrogens with one attached hydrogen (secondary N) is 1. The zero-order valence-electron chi connectivity index (χ0n) is 9.60. The Hall–Kier alpha value is -1.79. The smallest absolute Gasteiger partial charge is 0.422 e. The maximum absolute atomic E-state index is 13.0. The Labute approximate surface area is 100 Å². The average Bonchev–Trinajstić information content (AvgIpc) is 2.13. The van der Waals surface area contributed by atoms with Crippen LogP contribution in [0.2, 0.25) is 0 Å². The van der Waals surface area contributed by atoms with Crippen molar-refractivity contribution >= 4 is 11.7 Å². The molecule has 0 heterocycles. The highest BCUT2D eigenvalue weighted by Crippen LogP contribution is 2.34. The molecule has 0 radical (unpaired) electrons. The number of carboxylic acids is 1. The molecule has 2 N–H and O–H groups in total. The van der Waals surface area contributed by atoms with E-state index in [4.69, 9.17) is 5.11 Å². The van der Waals surface area contributed by atoms with Crippen molar-refractivity contribution in [3.05, 3.63) is 29.6 Å². The van der Waals surface area contributed by atoms with E-state index in [1.54, 1.807) is 0 Å². The molecule has 0 aliphatic rings. The Balaban J connectivity index is 3.16. The predicted octanol–water partition coefficient (Wildman–Crippen LogP) is 2.95. The fraction of sp³-hybridized carbons (Fsp3) is 0.364. The largest absolute Gasteiger partial charge is 0.479 e. The summed E-state index contributed by atoms with van der Waals surface area (Å²) in [7, 11) is 0. The number of anilines is 1. The first-order valence-electron chi connectivity index (χ1n) is 4.92. The first-order chi connectivity index (χ1) is 8.06. The molecule has 0 fully saturated rings. The van der Waals surface area contributed by atoms with Crippen LogP contribution in [-0.4, -0.2) is 22.8 Å². The lowest BCUT2D eigenvalue weighted by Gasteiger charge is -2.29. The summed E-state index contributed by atoms with van der Waals surface area (Å²) in [5, 5.41) is 10.5. The molecule has 18 heavy (non-hydrogen) atoms. The Morgan fingerprint density at radius 2 is 1.83 bits per heavy atom. The molecule has 1 unspecified atom stereocenters. The molecule has 0 aromatic heterocycles. The lowest BCUT2D eigenvalue weighted by molar-refractivity contribution is -0.192. The van der Waals surface area contributed by atoms with Crippen molar-refractivity contribution < 1.29 is 27.5 Å². The van der Waals surface area contributed by atoms with Gasteiger partial charge in [0.05, 0.1) is 0 Å². The summed E-state index contributed by atoms with van der Waals surface area (Å²) < 4.78 is 51.1. The lowest BCUT2D eigenvalue weighted by atomic mass is 10.0. The molecule has 1 aromatic carbocycles. The molecule has 0 aliphatic heterocycles. The van der Waals surface area contributed by atoms with Crippen molar-refractivity contribution in [2.24, 2.45) is 0 Å². The van der Waals surface area contributed by atoms with E-state index in [-0.39, 0.29) is 5.69 Å². The van der Waals surface area contributed by atoms with Crippen LogP contribution in [-0.2, 0) is 4.79 Å². The number of aliphatic carboxylic acids is 1. The monoisotopic (exact) mass is 265 g/mol. The van der Waals surface area contributed by atoms with E-state index in [1.807, 2.05) is 5.32 Å². The SMILES string of the molecule is Cc1cc(F)cc(NC(C)(C(=O)O)C(F)(F)F)c1. The van der Waals surface area contributed by atoms with Crippen molar-refractivity contribution in [3.63, 3.8) is 0 Å². The van der Waals surface area contributed by atoms with Gasteiger partial charge in [0, 0.05) is 5.69 Å². The van der Waals surface area contributed by atoms with Crippen LogP contribution in [0.3, 0.4) is 0 Å². The van der Waals surface area contributed by atoms with Gasteiger partial charge in [0.1, 0.15) is 5.82 Å². The highest BCUT2D eigenvalue weighted by atomic mass is 19.4. The number of rotatable bonds is 3. The minimum absolute atomic E-state index is 0.241. The van der Waals surface area contributed by atoms with E-state index in [1.165, 1.54) is 13.0 Å². The Morgan fingerprint density at radius 3 is 2.22 bits per heavy atom. The summed E-state index contributed by atoms with van der Waals surface area (Å²) in [6, 6.07) is 3.16. The molecule has 0 saturated carbocycles. The van der Waals surface area contributed by atoms with Gasteiger partial charge in [-0.05, 0) is 37.6 Å². The molecule has 0 amide bonds. The van der Waals surface area contributed by atoms with E-state index in [0.717, 1.165) is 12.1 Å². The van der Waals surface area contributed by atoms with Gasteiger partial charge in [-0.15, -0.1) is 0 Å². The van der Waals surface area contributed by atoms with Crippen LogP contribution in [0.1, 0.15) is 12.5 Å².